The summed E-state index contributed by atoms with van der Waals surface area (Å²) in [5.41, 5.74) is 0.269. The molecule has 144 valence electrons. The highest BCUT2D eigenvalue weighted by Crippen LogP contribution is 2.48. The van der Waals surface area contributed by atoms with Gasteiger partial charge in [0.15, 0.2) is 5.82 Å². The molecule has 1 aromatic heterocycles. The van der Waals surface area contributed by atoms with E-state index in [0.717, 1.165) is 50.6 Å². The quantitative estimate of drug-likeness (QED) is 0.896. The van der Waals surface area contributed by atoms with Crippen molar-refractivity contribution >= 4 is 6.03 Å². The summed E-state index contributed by atoms with van der Waals surface area (Å²) >= 11 is 0. The number of amides is 2. The van der Waals surface area contributed by atoms with Gasteiger partial charge in [-0.2, -0.15) is 4.98 Å². The summed E-state index contributed by atoms with van der Waals surface area (Å²) in [5, 5.41) is 7.31. The van der Waals surface area contributed by atoms with E-state index < -0.39 is 0 Å². The number of rotatable bonds is 3. The zero-order valence-corrected chi connectivity index (χ0v) is 16.2. The molecule has 2 saturated heterocycles. The highest BCUT2D eigenvalue weighted by molar-refractivity contribution is 5.74. The average molecular weight is 361 g/mol. The van der Waals surface area contributed by atoms with E-state index in [1.807, 2.05) is 18.7 Å². The minimum atomic E-state index is 0.0704. The molecule has 2 amide bonds. The lowest BCUT2D eigenvalue weighted by Gasteiger charge is -2.39. The standard InChI is InChI=1S/C19H31N5O2/c1-13(2)20-18(25)24-9-7-19(8-10-24)11-15(23(3)12-19)16-21-17(26-22-16)14-5-4-6-14/h13-15H,4-12H2,1-3H3,(H,20,25). The Bertz CT molecular complexity index is 646. The van der Waals surface area contributed by atoms with Crippen molar-refractivity contribution in [2.75, 3.05) is 26.7 Å². The van der Waals surface area contributed by atoms with Crippen molar-refractivity contribution in [3.8, 4) is 0 Å². The van der Waals surface area contributed by atoms with E-state index in [1.165, 1.54) is 19.3 Å². The predicted molar refractivity (Wildman–Crippen MR) is 97.8 cm³/mol. The number of nitrogens with zero attached hydrogens (tertiary/aromatic N) is 4. The summed E-state index contributed by atoms with van der Waals surface area (Å²) in [7, 11) is 2.16. The molecule has 1 unspecified atom stereocenters. The summed E-state index contributed by atoms with van der Waals surface area (Å²) in [6.45, 7) is 6.72. The molecule has 0 radical (unpaired) electrons. The molecule has 1 aliphatic carbocycles. The van der Waals surface area contributed by atoms with Gasteiger partial charge in [-0.15, -0.1) is 0 Å². The van der Waals surface area contributed by atoms with Crippen LogP contribution in [0.1, 0.15) is 76.0 Å². The maximum Gasteiger partial charge on any atom is 0.317 e. The Balaban J connectivity index is 1.38. The molecule has 7 heteroatoms. The Hall–Kier alpha value is -1.63. The van der Waals surface area contributed by atoms with E-state index in [0.29, 0.717) is 5.92 Å². The lowest BCUT2D eigenvalue weighted by molar-refractivity contribution is 0.121. The van der Waals surface area contributed by atoms with E-state index in [4.69, 9.17) is 9.51 Å². The first-order chi connectivity index (χ1) is 12.5. The van der Waals surface area contributed by atoms with E-state index in [-0.39, 0.29) is 23.5 Å². The fraction of sp³-hybridized carbons (Fsp3) is 0.842. The van der Waals surface area contributed by atoms with Crippen molar-refractivity contribution in [2.24, 2.45) is 5.41 Å². The molecule has 3 fully saturated rings. The molecule has 1 spiro atoms. The monoisotopic (exact) mass is 361 g/mol. The lowest BCUT2D eigenvalue weighted by atomic mass is 9.76. The van der Waals surface area contributed by atoms with Crippen LogP contribution in [0.5, 0.6) is 0 Å². The lowest BCUT2D eigenvalue weighted by Crippen LogP contribution is -2.49. The van der Waals surface area contributed by atoms with Gasteiger partial charge in [-0.25, -0.2) is 4.79 Å². The first-order valence-corrected chi connectivity index (χ1v) is 10.0. The summed E-state index contributed by atoms with van der Waals surface area (Å²) in [5.74, 6) is 2.17. The fourth-order valence-corrected chi connectivity index (χ4v) is 4.65. The van der Waals surface area contributed by atoms with Gasteiger partial charge < -0.3 is 14.7 Å². The van der Waals surface area contributed by atoms with Gasteiger partial charge in [-0.1, -0.05) is 11.6 Å². The van der Waals surface area contributed by atoms with Crippen LogP contribution < -0.4 is 5.32 Å². The van der Waals surface area contributed by atoms with Crippen molar-refractivity contribution in [1.29, 1.82) is 0 Å². The average Bonchev–Trinajstić information content (AvgIpc) is 3.11. The SMILES string of the molecule is CC(C)NC(=O)N1CCC2(CC1)CC(c1noc(C3CCC3)n1)N(C)C2. The van der Waals surface area contributed by atoms with Crippen LogP contribution in [-0.2, 0) is 0 Å². The molecule has 3 heterocycles. The van der Waals surface area contributed by atoms with E-state index in [2.05, 4.69) is 22.4 Å². The van der Waals surface area contributed by atoms with Crippen LogP contribution in [0.15, 0.2) is 4.52 Å². The summed E-state index contributed by atoms with van der Waals surface area (Å²) in [6.07, 6.45) is 6.79. The molecule has 0 bridgehead atoms. The zero-order valence-electron chi connectivity index (χ0n) is 16.2. The normalized spacial score (nSPS) is 26.5. The summed E-state index contributed by atoms with van der Waals surface area (Å²) < 4.78 is 5.54. The minimum absolute atomic E-state index is 0.0704. The molecule has 1 saturated carbocycles. The smallest absolute Gasteiger partial charge is 0.317 e. The Labute approximate surface area is 155 Å². The Kier molecular flexibility index (Phi) is 4.67. The number of hydrogen-bond donors (Lipinski definition) is 1. The molecule has 1 aromatic rings. The van der Waals surface area contributed by atoms with Crippen LogP contribution >= 0.6 is 0 Å². The van der Waals surface area contributed by atoms with Crippen LogP contribution in [0.2, 0.25) is 0 Å². The first-order valence-electron chi connectivity index (χ1n) is 10.0. The van der Waals surface area contributed by atoms with Gasteiger partial charge in [0, 0.05) is 31.6 Å². The van der Waals surface area contributed by atoms with Gasteiger partial charge in [0.1, 0.15) is 0 Å². The van der Waals surface area contributed by atoms with E-state index >= 15 is 0 Å². The van der Waals surface area contributed by atoms with Crippen molar-refractivity contribution in [3.05, 3.63) is 11.7 Å². The Morgan fingerprint density at radius 1 is 1.31 bits per heavy atom. The molecule has 26 heavy (non-hydrogen) atoms. The van der Waals surface area contributed by atoms with Gasteiger partial charge in [0.05, 0.1) is 6.04 Å². The molecule has 4 rings (SSSR count). The molecule has 1 atom stereocenters. The van der Waals surface area contributed by atoms with Gasteiger partial charge in [-0.3, -0.25) is 4.90 Å². The van der Waals surface area contributed by atoms with Crippen LogP contribution in [0, 0.1) is 5.41 Å². The Morgan fingerprint density at radius 3 is 2.65 bits per heavy atom. The number of nitrogens with one attached hydrogen (secondary N) is 1. The van der Waals surface area contributed by atoms with Crippen LogP contribution in [0.25, 0.3) is 0 Å². The number of aromatic nitrogens is 2. The van der Waals surface area contributed by atoms with Crippen LogP contribution in [0.3, 0.4) is 0 Å². The molecular formula is C19H31N5O2. The van der Waals surface area contributed by atoms with Crippen LogP contribution in [-0.4, -0.2) is 58.7 Å². The molecule has 3 aliphatic rings. The van der Waals surface area contributed by atoms with Gasteiger partial charge in [0.2, 0.25) is 5.89 Å². The van der Waals surface area contributed by atoms with E-state index in [9.17, 15) is 4.79 Å². The fourth-order valence-electron chi connectivity index (χ4n) is 4.65. The third-order valence-corrected chi connectivity index (χ3v) is 6.48. The number of likely N-dealkylation sites (tertiary alicyclic amines) is 2. The summed E-state index contributed by atoms with van der Waals surface area (Å²) in [4.78, 5) is 21.3. The Morgan fingerprint density at radius 2 is 2.04 bits per heavy atom. The predicted octanol–water partition coefficient (Wildman–Crippen LogP) is 2.91. The second-order valence-electron chi connectivity index (χ2n) is 8.84. The zero-order chi connectivity index (χ0) is 18.3. The topological polar surface area (TPSA) is 74.5 Å². The van der Waals surface area contributed by atoms with E-state index in [1.54, 1.807) is 0 Å². The minimum Gasteiger partial charge on any atom is -0.339 e. The number of carbonyl (C=O) groups excluding carboxylic acids is 1. The number of carbonyl (C=O) groups is 1. The second kappa shape index (κ2) is 6.83. The third-order valence-electron chi connectivity index (χ3n) is 6.48. The number of piperidine rings is 1. The highest BCUT2D eigenvalue weighted by Gasteiger charge is 2.46. The molecule has 7 nitrogen and oxygen atoms in total. The first kappa shape index (κ1) is 17.8. The van der Waals surface area contributed by atoms with Gasteiger partial charge >= 0.3 is 6.03 Å². The highest BCUT2D eigenvalue weighted by atomic mass is 16.5. The number of urea groups is 1. The van der Waals surface area contributed by atoms with Crippen molar-refractivity contribution in [1.82, 2.24) is 25.3 Å². The van der Waals surface area contributed by atoms with Gasteiger partial charge in [-0.05, 0) is 58.4 Å². The summed E-state index contributed by atoms with van der Waals surface area (Å²) in [6, 6.07) is 0.494. The van der Waals surface area contributed by atoms with Gasteiger partial charge in [0.25, 0.3) is 0 Å². The maximum absolute atomic E-state index is 12.2. The van der Waals surface area contributed by atoms with Crippen molar-refractivity contribution < 1.29 is 9.32 Å². The molecular weight excluding hydrogens is 330 g/mol. The molecule has 1 N–H and O–H groups in total. The third kappa shape index (κ3) is 3.33. The van der Waals surface area contributed by atoms with Crippen LogP contribution in [0.4, 0.5) is 4.79 Å². The number of hydrogen-bond acceptors (Lipinski definition) is 5. The maximum atomic E-state index is 12.2. The van der Waals surface area contributed by atoms with Crippen molar-refractivity contribution in [3.63, 3.8) is 0 Å². The largest absolute Gasteiger partial charge is 0.339 e. The second-order valence-corrected chi connectivity index (χ2v) is 8.84. The molecule has 0 aromatic carbocycles. The molecule has 2 aliphatic heterocycles. The van der Waals surface area contributed by atoms with Crippen molar-refractivity contribution in [2.45, 2.75) is 70.4 Å².